The quantitative estimate of drug-likeness (QED) is 0.482. The highest BCUT2D eigenvalue weighted by Gasteiger charge is 2.30. The van der Waals surface area contributed by atoms with Gasteiger partial charge in [0.1, 0.15) is 11.6 Å². The summed E-state index contributed by atoms with van der Waals surface area (Å²) in [7, 11) is 1.67. The molecule has 0 saturated carbocycles. The first kappa shape index (κ1) is 27.5. The van der Waals surface area contributed by atoms with Gasteiger partial charge < -0.3 is 19.4 Å². The summed E-state index contributed by atoms with van der Waals surface area (Å²) in [6, 6.07) is 6.56. The summed E-state index contributed by atoms with van der Waals surface area (Å²) in [6.45, 7) is 8.85. The van der Waals surface area contributed by atoms with Crippen molar-refractivity contribution in [1.82, 2.24) is 14.8 Å². The van der Waals surface area contributed by atoms with Crippen molar-refractivity contribution in [2.45, 2.75) is 46.2 Å². The Labute approximate surface area is 223 Å². The van der Waals surface area contributed by atoms with E-state index in [4.69, 9.17) is 9.15 Å². The molecule has 5 rings (SSSR count). The number of ether oxygens (including phenoxy) is 1. The number of nitrogens with zero attached hydrogens (tertiary/aromatic N) is 3. The maximum Gasteiger partial charge on any atom is 0.246 e. The maximum absolute atomic E-state index is 14.0. The van der Waals surface area contributed by atoms with Gasteiger partial charge in [-0.15, -0.1) is 0 Å². The van der Waals surface area contributed by atoms with E-state index in [-0.39, 0.29) is 31.4 Å². The number of aromatic nitrogens is 1. The van der Waals surface area contributed by atoms with E-state index in [1.165, 1.54) is 17.0 Å². The zero-order valence-corrected chi connectivity index (χ0v) is 22.4. The molecule has 204 valence electrons. The minimum absolute atomic E-state index is 0. The number of fused-ring (bicyclic) bond motifs is 2. The number of nitrogens with one attached hydrogen (secondary N) is 1. The van der Waals surface area contributed by atoms with E-state index < -0.39 is 5.82 Å². The van der Waals surface area contributed by atoms with Gasteiger partial charge in [0.2, 0.25) is 11.8 Å². The largest absolute Gasteiger partial charge is 0.456 e. The average molecular weight is 525 g/mol. The molecule has 9 heteroatoms. The van der Waals surface area contributed by atoms with Gasteiger partial charge in [-0.05, 0) is 49.1 Å². The van der Waals surface area contributed by atoms with Crippen LogP contribution in [0.5, 0.6) is 0 Å². The van der Waals surface area contributed by atoms with Crippen LogP contribution in [0.4, 0.5) is 10.2 Å². The number of carbonyl (C=O) groups is 2. The molecule has 2 aliphatic rings. The fourth-order valence-electron chi connectivity index (χ4n) is 4.78. The van der Waals surface area contributed by atoms with Crippen LogP contribution in [0.1, 0.15) is 44.1 Å². The number of pyridine rings is 1. The molecule has 1 aromatic carbocycles. The maximum atomic E-state index is 14.0. The molecule has 3 aromatic rings. The number of amides is 2. The standard InChI is InChI=1S/C27H29FN4O4.C2H6.H2/c1-17-20-4-3-5-21(28)25(20)36-23(17)16-31(2)24(33)9-6-18-14-19-7-8-22(32-10-12-35-13-11-32)27(34)30-26(19)29-15-18;1-2;/h3-6,9,14-15,22H,7-8,10-13,16H2,1-2H3,(H,29,30,34);1-2H3;1H/b9-6+;;/t22-;;/m0../s1. The van der Waals surface area contributed by atoms with Crippen molar-refractivity contribution in [3.63, 3.8) is 0 Å². The molecule has 2 amide bonds. The van der Waals surface area contributed by atoms with E-state index in [1.807, 2.05) is 26.8 Å². The first-order valence-electron chi connectivity index (χ1n) is 13.1. The normalized spacial score (nSPS) is 17.9. The molecule has 8 nitrogen and oxygen atoms in total. The van der Waals surface area contributed by atoms with Gasteiger partial charge in [-0.25, -0.2) is 9.37 Å². The van der Waals surface area contributed by atoms with Gasteiger partial charge in [0.25, 0.3) is 0 Å². The third-order valence-electron chi connectivity index (χ3n) is 6.90. The van der Waals surface area contributed by atoms with Gasteiger partial charge in [0.15, 0.2) is 11.4 Å². The van der Waals surface area contributed by atoms with Crippen LogP contribution in [0.3, 0.4) is 0 Å². The van der Waals surface area contributed by atoms with Crippen LogP contribution < -0.4 is 5.32 Å². The van der Waals surface area contributed by atoms with Crippen molar-refractivity contribution in [3.8, 4) is 0 Å². The second kappa shape index (κ2) is 12.3. The van der Waals surface area contributed by atoms with Gasteiger partial charge in [-0.1, -0.05) is 26.0 Å². The summed E-state index contributed by atoms with van der Waals surface area (Å²) in [4.78, 5) is 33.6. The summed E-state index contributed by atoms with van der Waals surface area (Å²) in [5, 5.41) is 3.67. The van der Waals surface area contributed by atoms with Crippen molar-refractivity contribution in [1.29, 1.82) is 0 Å². The van der Waals surface area contributed by atoms with Gasteiger partial charge in [-0.2, -0.15) is 0 Å². The second-order valence-corrected chi connectivity index (χ2v) is 9.26. The van der Waals surface area contributed by atoms with E-state index in [9.17, 15) is 14.0 Å². The summed E-state index contributed by atoms with van der Waals surface area (Å²) in [5.74, 6) is 0.453. The smallest absolute Gasteiger partial charge is 0.246 e. The highest BCUT2D eigenvalue weighted by atomic mass is 19.1. The Bertz CT molecular complexity index is 1340. The number of morpholine rings is 1. The fourth-order valence-corrected chi connectivity index (χ4v) is 4.78. The molecule has 1 atom stereocenters. The van der Waals surface area contributed by atoms with Crippen molar-refractivity contribution in [2.24, 2.45) is 0 Å². The van der Waals surface area contributed by atoms with Crippen LogP contribution in [0, 0.1) is 12.7 Å². The van der Waals surface area contributed by atoms with E-state index in [0.717, 1.165) is 29.8 Å². The Kier molecular flexibility index (Phi) is 8.91. The average Bonchev–Trinajstić information content (AvgIpc) is 3.15. The lowest BCUT2D eigenvalue weighted by Crippen LogP contribution is -2.48. The summed E-state index contributed by atoms with van der Waals surface area (Å²) in [6.07, 6.45) is 6.24. The van der Waals surface area contributed by atoms with Crippen LogP contribution in [-0.2, 0) is 27.3 Å². The van der Waals surface area contributed by atoms with Crippen molar-refractivity contribution in [2.75, 3.05) is 38.7 Å². The van der Waals surface area contributed by atoms with Crippen molar-refractivity contribution >= 4 is 34.7 Å². The Morgan fingerprint density at radius 3 is 2.82 bits per heavy atom. The van der Waals surface area contributed by atoms with Gasteiger partial charge in [0, 0.05) is 44.8 Å². The molecule has 2 aromatic heterocycles. The molecular formula is C29H37FN4O4. The van der Waals surface area contributed by atoms with Gasteiger partial charge in [0.05, 0.1) is 25.8 Å². The molecular weight excluding hydrogens is 487 g/mol. The number of carbonyl (C=O) groups excluding carboxylic acids is 2. The number of benzene rings is 1. The van der Waals surface area contributed by atoms with Crippen LogP contribution >= 0.6 is 0 Å². The SMILES string of the molecule is CC.Cc1c(CN(C)C(=O)/C=C/c2cnc3c(c2)CC[C@H](N2CCOCC2)C(=O)N3)oc2c(F)cccc12.[HH]. The first-order chi connectivity index (χ1) is 18.4. The summed E-state index contributed by atoms with van der Waals surface area (Å²) in [5.41, 5.74) is 2.75. The first-order valence-corrected chi connectivity index (χ1v) is 13.1. The predicted molar refractivity (Wildman–Crippen MR) is 147 cm³/mol. The van der Waals surface area contributed by atoms with Crippen LogP contribution in [0.15, 0.2) is 41.0 Å². The lowest BCUT2D eigenvalue weighted by atomic mass is 10.0. The monoisotopic (exact) mass is 524 g/mol. The minimum Gasteiger partial charge on any atom is -0.456 e. The van der Waals surface area contributed by atoms with Crippen molar-refractivity contribution in [3.05, 3.63) is 64.8 Å². The Morgan fingerprint density at radius 1 is 1.32 bits per heavy atom. The molecule has 0 unspecified atom stereocenters. The van der Waals surface area contributed by atoms with Gasteiger partial charge >= 0.3 is 0 Å². The van der Waals surface area contributed by atoms with E-state index in [1.54, 1.807) is 31.5 Å². The molecule has 1 N–H and O–H groups in total. The predicted octanol–water partition coefficient (Wildman–Crippen LogP) is 4.80. The molecule has 0 spiro atoms. The number of furan rings is 1. The highest BCUT2D eigenvalue weighted by molar-refractivity contribution is 5.96. The van der Waals surface area contributed by atoms with Crippen LogP contribution in [0.25, 0.3) is 17.0 Å². The number of halogens is 1. The van der Waals surface area contributed by atoms with E-state index in [0.29, 0.717) is 43.0 Å². The third kappa shape index (κ3) is 5.95. The zero-order chi connectivity index (χ0) is 27.2. The number of rotatable bonds is 5. The lowest BCUT2D eigenvalue weighted by Gasteiger charge is -2.32. The number of aryl methyl sites for hydroxylation is 2. The number of hydrogen-bond donors (Lipinski definition) is 1. The molecule has 0 aliphatic carbocycles. The Morgan fingerprint density at radius 2 is 2.08 bits per heavy atom. The molecule has 0 radical (unpaired) electrons. The fraction of sp³-hybridized carbons (Fsp3) is 0.414. The highest BCUT2D eigenvalue weighted by Crippen LogP contribution is 2.28. The molecule has 0 bridgehead atoms. The molecule has 38 heavy (non-hydrogen) atoms. The second-order valence-electron chi connectivity index (χ2n) is 9.26. The topological polar surface area (TPSA) is 87.9 Å². The van der Waals surface area contributed by atoms with Crippen LogP contribution in [0.2, 0.25) is 0 Å². The zero-order valence-electron chi connectivity index (χ0n) is 22.4. The number of hydrogen-bond acceptors (Lipinski definition) is 6. The molecule has 4 heterocycles. The summed E-state index contributed by atoms with van der Waals surface area (Å²) < 4.78 is 25.2. The molecule has 1 fully saturated rings. The minimum atomic E-state index is -0.418. The van der Waals surface area contributed by atoms with E-state index in [2.05, 4.69) is 15.2 Å². The van der Waals surface area contributed by atoms with Crippen LogP contribution in [-0.4, -0.2) is 66.0 Å². The molecule has 2 aliphatic heterocycles. The van der Waals surface area contributed by atoms with Crippen molar-refractivity contribution < 1.29 is 24.6 Å². The third-order valence-corrected chi connectivity index (χ3v) is 6.90. The molecule has 1 saturated heterocycles. The van der Waals surface area contributed by atoms with Gasteiger partial charge in [-0.3, -0.25) is 14.5 Å². The number of anilines is 1. The Balaban J connectivity index is 0.00000137. The number of likely N-dealkylation sites (N-methyl/N-ethyl adjacent to an activating group) is 1. The number of para-hydroxylation sites is 1. The summed E-state index contributed by atoms with van der Waals surface area (Å²) >= 11 is 0. The van der Waals surface area contributed by atoms with E-state index >= 15 is 0 Å². The lowest BCUT2D eigenvalue weighted by molar-refractivity contribution is -0.125. The Hall–Kier alpha value is -3.56.